The van der Waals surface area contributed by atoms with Gasteiger partial charge in [-0.2, -0.15) is 0 Å². The summed E-state index contributed by atoms with van der Waals surface area (Å²) in [4.78, 5) is 23.2. The Labute approximate surface area is 140 Å². The van der Waals surface area contributed by atoms with Crippen LogP contribution >= 0.6 is 43.5 Å². The van der Waals surface area contributed by atoms with E-state index >= 15 is 0 Å². The number of nitrogens with zero attached hydrogens (tertiary/aromatic N) is 2. The lowest BCUT2D eigenvalue weighted by molar-refractivity contribution is 0.473. The highest BCUT2D eigenvalue weighted by molar-refractivity contribution is 9.11. The molecule has 0 radical (unpaired) electrons. The smallest absolute Gasteiger partial charge is 0.259 e. The van der Waals surface area contributed by atoms with E-state index in [1.807, 2.05) is 0 Å². The summed E-state index contributed by atoms with van der Waals surface area (Å²) >= 11 is 12.5. The van der Waals surface area contributed by atoms with Crippen molar-refractivity contribution >= 4 is 54.4 Å². The van der Waals surface area contributed by atoms with Crippen LogP contribution in [-0.2, 0) is 0 Å². The molecule has 5 nitrogen and oxygen atoms in total. The van der Waals surface area contributed by atoms with Crippen molar-refractivity contribution < 1.29 is 5.11 Å². The van der Waals surface area contributed by atoms with E-state index in [4.69, 9.17) is 11.6 Å². The van der Waals surface area contributed by atoms with Gasteiger partial charge >= 0.3 is 0 Å². The Balaban J connectivity index is 2.30. The lowest BCUT2D eigenvalue weighted by atomic mass is 10.2. The fourth-order valence-corrected chi connectivity index (χ4v) is 3.32. The second-order valence-electron chi connectivity index (χ2n) is 4.20. The summed E-state index contributed by atoms with van der Waals surface area (Å²) in [6.07, 6.45) is 0. The molecule has 3 rings (SSSR count). The summed E-state index contributed by atoms with van der Waals surface area (Å²) in [5, 5.41) is 9.79. The number of halogens is 3. The van der Waals surface area contributed by atoms with Gasteiger partial charge in [0.1, 0.15) is 5.69 Å². The van der Waals surface area contributed by atoms with Crippen LogP contribution in [0.4, 0.5) is 0 Å². The van der Waals surface area contributed by atoms with Crippen LogP contribution in [0.15, 0.2) is 38.0 Å². The minimum atomic E-state index is -0.289. The molecule has 0 aliphatic carbocycles. The van der Waals surface area contributed by atoms with Crippen molar-refractivity contribution in [2.24, 2.45) is 0 Å². The van der Waals surface area contributed by atoms with Crippen molar-refractivity contribution in [1.29, 1.82) is 0 Å². The average molecular weight is 431 g/mol. The first-order chi connectivity index (χ1) is 9.95. The molecule has 0 aliphatic rings. The van der Waals surface area contributed by atoms with Gasteiger partial charge in [-0.3, -0.25) is 4.79 Å². The second-order valence-corrected chi connectivity index (χ2v) is 6.33. The normalized spacial score (nSPS) is 11.0. The molecule has 106 valence electrons. The van der Waals surface area contributed by atoms with Gasteiger partial charge in [0.25, 0.3) is 5.56 Å². The highest BCUT2D eigenvalue weighted by Crippen LogP contribution is 2.28. The minimum absolute atomic E-state index is 0.0508. The minimum Gasteiger partial charge on any atom is -0.505 e. The van der Waals surface area contributed by atoms with Gasteiger partial charge in [0.15, 0.2) is 16.7 Å². The summed E-state index contributed by atoms with van der Waals surface area (Å²) in [5.41, 5.74) is 0.595. The van der Waals surface area contributed by atoms with Gasteiger partial charge in [-0.15, -0.1) is 0 Å². The summed E-state index contributed by atoms with van der Waals surface area (Å²) < 4.78 is 1.46. The summed E-state index contributed by atoms with van der Waals surface area (Å²) in [7, 11) is 0. The zero-order chi connectivity index (χ0) is 15.1. The molecule has 2 N–H and O–H groups in total. The molecular weight excluding hydrogens is 425 g/mol. The predicted molar refractivity (Wildman–Crippen MR) is 87.7 cm³/mol. The maximum Gasteiger partial charge on any atom is 0.259 e. The fourth-order valence-electron chi connectivity index (χ4n) is 1.85. The highest BCUT2D eigenvalue weighted by Gasteiger charge is 2.12. The van der Waals surface area contributed by atoms with Crippen LogP contribution in [0.1, 0.15) is 0 Å². The molecule has 0 aliphatic heterocycles. The lowest BCUT2D eigenvalue weighted by Crippen LogP contribution is -2.10. The Morgan fingerprint density at radius 2 is 1.95 bits per heavy atom. The van der Waals surface area contributed by atoms with E-state index in [-0.39, 0.29) is 22.3 Å². The van der Waals surface area contributed by atoms with Crippen LogP contribution in [0.25, 0.3) is 22.4 Å². The fraction of sp³-hybridized carbons (Fsp3) is 0. The molecule has 0 amide bonds. The molecule has 0 unspecified atom stereocenters. The van der Waals surface area contributed by atoms with Crippen molar-refractivity contribution in [3.63, 3.8) is 0 Å². The van der Waals surface area contributed by atoms with Crippen LogP contribution in [0.5, 0.6) is 5.75 Å². The van der Waals surface area contributed by atoms with Crippen molar-refractivity contribution in [1.82, 2.24) is 15.0 Å². The third-order valence-electron chi connectivity index (χ3n) is 2.80. The van der Waals surface area contributed by atoms with Crippen LogP contribution in [0, 0.1) is 0 Å². The average Bonchev–Trinajstić information content (AvgIpc) is 2.43. The lowest BCUT2D eigenvalue weighted by Gasteiger charge is -2.05. The molecule has 0 fully saturated rings. The maximum absolute atomic E-state index is 12.2. The quantitative estimate of drug-likeness (QED) is 0.574. The Morgan fingerprint density at radius 1 is 1.19 bits per heavy atom. The Hall–Kier alpha value is -1.44. The van der Waals surface area contributed by atoms with E-state index in [9.17, 15) is 9.90 Å². The van der Waals surface area contributed by atoms with E-state index in [1.54, 1.807) is 12.1 Å². The molecule has 0 saturated carbocycles. The number of hydrogen-bond acceptors (Lipinski definition) is 4. The number of nitrogens with one attached hydrogen (secondary N) is 1. The number of aromatic amines is 1. The van der Waals surface area contributed by atoms with E-state index < -0.39 is 0 Å². The van der Waals surface area contributed by atoms with Crippen molar-refractivity contribution in [3.05, 3.63) is 48.7 Å². The van der Waals surface area contributed by atoms with Crippen LogP contribution in [0.3, 0.4) is 0 Å². The van der Waals surface area contributed by atoms with Gasteiger partial charge in [-0.25, -0.2) is 9.97 Å². The number of rotatable bonds is 1. The number of aromatic hydroxyl groups is 1. The second kappa shape index (κ2) is 5.40. The van der Waals surface area contributed by atoms with Gasteiger partial charge in [0, 0.05) is 8.95 Å². The number of fused-ring (bicyclic) bond motifs is 1. The van der Waals surface area contributed by atoms with Gasteiger partial charge in [-0.1, -0.05) is 27.5 Å². The maximum atomic E-state index is 12.2. The van der Waals surface area contributed by atoms with Crippen LogP contribution in [0.2, 0.25) is 5.15 Å². The van der Waals surface area contributed by atoms with Crippen LogP contribution in [-0.4, -0.2) is 20.1 Å². The zero-order valence-corrected chi connectivity index (χ0v) is 14.1. The zero-order valence-electron chi connectivity index (χ0n) is 10.2. The number of benzene rings is 1. The number of pyridine rings is 1. The van der Waals surface area contributed by atoms with E-state index in [1.165, 1.54) is 12.1 Å². The van der Waals surface area contributed by atoms with E-state index in [0.717, 1.165) is 4.47 Å². The predicted octanol–water partition coefficient (Wildman–Crippen LogP) is 3.87. The Kier molecular flexibility index (Phi) is 3.73. The molecule has 0 saturated heterocycles. The van der Waals surface area contributed by atoms with Crippen molar-refractivity contribution in [3.8, 4) is 17.3 Å². The number of H-pyrrole nitrogens is 1. The van der Waals surface area contributed by atoms with Gasteiger partial charge < -0.3 is 10.1 Å². The van der Waals surface area contributed by atoms with Gasteiger partial charge in [0.05, 0.1) is 10.9 Å². The number of aromatic nitrogens is 3. The largest absolute Gasteiger partial charge is 0.505 e. The van der Waals surface area contributed by atoms with E-state index in [2.05, 4.69) is 46.8 Å². The van der Waals surface area contributed by atoms with Crippen molar-refractivity contribution in [2.45, 2.75) is 0 Å². The molecule has 3 aromatic rings. The first-order valence-corrected chi connectivity index (χ1v) is 7.67. The topological polar surface area (TPSA) is 78.9 Å². The Bertz CT molecular complexity index is 927. The SMILES string of the molecule is O=c1[nH]c(-c2ccc(O)c(Cl)n2)nc2c(Br)cc(Br)cc12. The van der Waals surface area contributed by atoms with Crippen molar-refractivity contribution in [2.75, 3.05) is 0 Å². The number of hydrogen-bond donors (Lipinski definition) is 2. The summed E-state index contributed by atoms with van der Waals surface area (Å²) in [6, 6.07) is 6.41. The Morgan fingerprint density at radius 3 is 2.67 bits per heavy atom. The molecule has 21 heavy (non-hydrogen) atoms. The molecule has 0 spiro atoms. The third kappa shape index (κ3) is 2.68. The molecule has 0 bridgehead atoms. The third-order valence-corrected chi connectivity index (χ3v) is 4.14. The summed E-state index contributed by atoms with van der Waals surface area (Å²) in [5.74, 6) is 0.145. The van der Waals surface area contributed by atoms with Gasteiger partial charge in [-0.05, 0) is 40.2 Å². The van der Waals surface area contributed by atoms with E-state index in [0.29, 0.717) is 21.1 Å². The monoisotopic (exact) mass is 429 g/mol. The molecule has 0 atom stereocenters. The standard InChI is InChI=1S/C13H6Br2ClN3O2/c14-5-3-6-10(7(15)4-5)18-12(19-13(6)21)8-1-2-9(20)11(16)17-8/h1-4,20H,(H,18,19,21). The molecule has 8 heteroatoms. The molecule has 2 heterocycles. The van der Waals surface area contributed by atoms with Crippen LogP contribution < -0.4 is 5.56 Å². The van der Waals surface area contributed by atoms with Gasteiger partial charge in [0.2, 0.25) is 0 Å². The summed E-state index contributed by atoms with van der Waals surface area (Å²) in [6.45, 7) is 0. The first kappa shape index (κ1) is 14.5. The molecular formula is C13H6Br2ClN3O2. The highest BCUT2D eigenvalue weighted by atomic mass is 79.9. The molecule has 1 aromatic carbocycles. The molecule has 2 aromatic heterocycles. The first-order valence-electron chi connectivity index (χ1n) is 5.70.